The fraction of sp³-hybridized carbons (Fsp3) is 0.857. The number of hydrogen-bond acceptors (Lipinski definition) is 3. The highest BCUT2D eigenvalue weighted by Crippen LogP contribution is 2.49. The van der Waals surface area contributed by atoms with Crippen molar-refractivity contribution in [2.45, 2.75) is 51.2 Å². The Morgan fingerprint density at radius 1 is 1.30 bits per heavy atom. The average Bonchev–Trinajstić information content (AvgIpc) is 3.00. The van der Waals surface area contributed by atoms with E-state index in [9.17, 15) is 9.59 Å². The summed E-state index contributed by atoms with van der Waals surface area (Å²) in [5, 5.41) is 23.1. The van der Waals surface area contributed by atoms with Gasteiger partial charge in [-0.25, -0.2) is 9.59 Å². The van der Waals surface area contributed by atoms with Crippen molar-refractivity contribution < 1.29 is 19.8 Å². The first-order chi connectivity index (χ1) is 9.47. The summed E-state index contributed by atoms with van der Waals surface area (Å²) < 4.78 is 0. The van der Waals surface area contributed by atoms with Gasteiger partial charge in [-0.2, -0.15) is 0 Å². The Labute approximate surface area is 118 Å². The van der Waals surface area contributed by atoms with Crippen molar-refractivity contribution >= 4 is 12.0 Å². The van der Waals surface area contributed by atoms with E-state index in [0.717, 1.165) is 11.8 Å². The van der Waals surface area contributed by atoms with Crippen molar-refractivity contribution in [1.82, 2.24) is 10.6 Å². The number of nitrogens with one attached hydrogen (secondary N) is 2. The number of amides is 2. The van der Waals surface area contributed by atoms with Crippen LogP contribution in [-0.2, 0) is 4.79 Å². The third-order valence-electron chi connectivity index (χ3n) is 4.78. The molecule has 2 amide bonds. The number of aliphatic carboxylic acids is 1. The van der Waals surface area contributed by atoms with Crippen LogP contribution in [-0.4, -0.2) is 40.9 Å². The first-order valence-electron chi connectivity index (χ1n) is 7.42. The van der Waals surface area contributed by atoms with Gasteiger partial charge < -0.3 is 20.8 Å². The monoisotopic (exact) mass is 284 g/mol. The molecule has 114 valence electrons. The molecule has 2 aliphatic rings. The van der Waals surface area contributed by atoms with Crippen LogP contribution in [0.4, 0.5) is 4.79 Å². The molecule has 6 heteroatoms. The Balaban J connectivity index is 1.65. The number of carboxylic acid groups (broad SMARTS) is 1. The Morgan fingerprint density at radius 2 is 2.05 bits per heavy atom. The quantitative estimate of drug-likeness (QED) is 0.583. The predicted molar refractivity (Wildman–Crippen MR) is 73.2 cm³/mol. The fourth-order valence-electron chi connectivity index (χ4n) is 3.72. The largest absolute Gasteiger partial charge is 0.479 e. The van der Waals surface area contributed by atoms with Crippen molar-refractivity contribution in [3.63, 3.8) is 0 Å². The number of urea groups is 1. The van der Waals surface area contributed by atoms with Crippen molar-refractivity contribution in [3.8, 4) is 0 Å². The fourth-order valence-corrected chi connectivity index (χ4v) is 3.72. The lowest BCUT2D eigenvalue weighted by Crippen LogP contribution is -2.46. The number of fused-ring (bicyclic) bond motifs is 2. The van der Waals surface area contributed by atoms with E-state index in [1.807, 2.05) is 6.92 Å². The van der Waals surface area contributed by atoms with Crippen molar-refractivity contribution in [3.05, 3.63) is 0 Å². The lowest BCUT2D eigenvalue weighted by Gasteiger charge is -2.28. The molecule has 20 heavy (non-hydrogen) atoms. The topological polar surface area (TPSA) is 98.7 Å². The molecule has 0 aromatic rings. The summed E-state index contributed by atoms with van der Waals surface area (Å²) in [7, 11) is 0. The zero-order valence-electron chi connectivity index (χ0n) is 11.8. The van der Waals surface area contributed by atoms with Gasteiger partial charge in [-0.1, -0.05) is 6.42 Å². The molecule has 4 N–H and O–H groups in total. The molecule has 0 spiro atoms. The van der Waals surface area contributed by atoms with Crippen molar-refractivity contribution in [1.29, 1.82) is 0 Å². The molecular formula is C14H24N2O4. The maximum Gasteiger partial charge on any atom is 0.332 e. The highest BCUT2D eigenvalue weighted by molar-refractivity contribution is 5.74. The van der Waals surface area contributed by atoms with Crippen LogP contribution in [0.2, 0.25) is 0 Å². The number of aliphatic hydroxyl groups excluding tert-OH is 1. The van der Waals surface area contributed by atoms with Crippen LogP contribution in [0, 0.1) is 17.8 Å². The molecule has 2 fully saturated rings. The number of hydrogen-bond donors (Lipinski definition) is 4. The molecule has 5 atom stereocenters. The Kier molecular flexibility index (Phi) is 4.86. The van der Waals surface area contributed by atoms with E-state index < -0.39 is 12.1 Å². The summed E-state index contributed by atoms with van der Waals surface area (Å²) in [5.74, 6) is 0.916. The van der Waals surface area contributed by atoms with Gasteiger partial charge in [0, 0.05) is 19.0 Å². The molecule has 0 radical (unpaired) electrons. The van der Waals surface area contributed by atoms with E-state index in [4.69, 9.17) is 10.2 Å². The molecule has 2 saturated carbocycles. The van der Waals surface area contributed by atoms with Crippen LogP contribution in [0.15, 0.2) is 0 Å². The van der Waals surface area contributed by atoms with Gasteiger partial charge in [0.15, 0.2) is 6.10 Å². The van der Waals surface area contributed by atoms with E-state index in [1.165, 1.54) is 25.7 Å². The van der Waals surface area contributed by atoms with E-state index in [2.05, 4.69) is 10.6 Å². The Bertz CT molecular complexity index is 374. The summed E-state index contributed by atoms with van der Waals surface area (Å²) in [6, 6.07) is -0.132. The SMILES string of the molecule is CC(NC(=O)NCC[C@H](O)C(=O)O)C1CC2CCC1C2. The van der Waals surface area contributed by atoms with Crippen LogP contribution >= 0.6 is 0 Å². The summed E-state index contributed by atoms with van der Waals surface area (Å²) >= 11 is 0. The van der Waals surface area contributed by atoms with Gasteiger partial charge in [-0.15, -0.1) is 0 Å². The molecule has 6 nitrogen and oxygen atoms in total. The van der Waals surface area contributed by atoms with Gasteiger partial charge in [-0.3, -0.25) is 0 Å². The third kappa shape index (κ3) is 3.62. The average molecular weight is 284 g/mol. The molecule has 2 aliphatic carbocycles. The minimum Gasteiger partial charge on any atom is -0.479 e. The number of rotatable bonds is 6. The van der Waals surface area contributed by atoms with E-state index in [0.29, 0.717) is 5.92 Å². The molecule has 4 unspecified atom stereocenters. The second-order valence-electron chi connectivity index (χ2n) is 6.17. The van der Waals surface area contributed by atoms with E-state index in [-0.39, 0.29) is 25.0 Å². The van der Waals surface area contributed by atoms with Crippen molar-refractivity contribution in [2.24, 2.45) is 17.8 Å². The molecule has 2 bridgehead atoms. The normalized spacial score (nSPS) is 30.8. The van der Waals surface area contributed by atoms with Gasteiger partial charge in [-0.05, 0) is 43.9 Å². The molecule has 0 aliphatic heterocycles. The number of carbonyl (C=O) groups is 2. The minimum absolute atomic E-state index is 0.0191. The molecule has 2 rings (SSSR count). The first kappa shape index (κ1) is 15.1. The maximum atomic E-state index is 11.7. The molecule has 0 saturated heterocycles. The number of carboxylic acids is 1. The van der Waals surface area contributed by atoms with Crippen LogP contribution in [0.1, 0.15) is 39.0 Å². The number of aliphatic hydroxyl groups is 1. The lowest BCUT2D eigenvalue weighted by atomic mass is 9.84. The first-order valence-corrected chi connectivity index (χ1v) is 7.42. The maximum absolute atomic E-state index is 11.7. The number of carbonyl (C=O) groups excluding carboxylic acids is 1. The van der Waals surface area contributed by atoms with Crippen LogP contribution in [0.3, 0.4) is 0 Å². The zero-order chi connectivity index (χ0) is 14.7. The van der Waals surface area contributed by atoms with Gasteiger partial charge in [0.05, 0.1) is 0 Å². The molecular weight excluding hydrogens is 260 g/mol. The van der Waals surface area contributed by atoms with E-state index >= 15 is 0 Å². The third-order valence-corrected chi connectivity index (χ3v) is 4.78. The van der Waals surface area contributed by atoms with Crippen molar-refractivity contribution in [2.75, 3.05) is 6.54 Å². The van der Waals surface area contributed by atoms with Gasteiger partial charge in [0.2, 0.25) is 0 Å². The second-order valence-corrected chi connectivity index (χ2v) is 6.17. The van der Waals surface area contributed by atoms with Gasteiger partial charge >= 0.3 is 12.0 Å². The summed E-state index contributed by atoms with van der Waals surface area (Å²) in [6.45, 7) is 2.19. The molecule has 0 heterocycles. The summed E-state index contributed by atoms with van der Waals surface area (Å²) in [4.78, 5) is 22.1. The predicted octanol–water partition coefficient (Wildman–Crippen LogP) is 0.946. The lowest BCUT2D eigenvalue weighted by molar-refractivity contribution is -0.146. The molecule has 0 aromatic carbocycles. The Morgan fingerprint density at radius 3 is 2.60 bits per heavy atom. The molecule has 0 aromatic heterocycles. The summed E-state index contributed by atoms with van der Waals surface area (Å²) in [5.41, 5.74) is 0. The smallest absolute Gasteiger partial charge is 0.332 e. The van der Waals surface area contributed by atoms with Gasteiger partial charge in [0.25, 0.3) is 0 Å². The van der Waals surface area contributed by atoms with Crippen LogP contribution < -0.4 is 10.6 Å². The van der Waals surface area contributed by atoms with Crippen LogP contribution in [0.5, 0.6) is 0 Å². The second kappa shape index (κ2) is 6.43. The minimum atomic E-state index is -1.42. The zero-order valence-corrected chi connectivity index (χ0v) is 11.8. The Hall–Kier alpha value is -1.30. The summed E-state index contributed by atoms with van der Waals surface area (Å²) in [6.07, 6.45) is 3.75. The van der Waals surface area contributed by atoms with Gasteiger partial charge in [0.1, 0.15) is 0 Å². The highest BCUT2D eigenvalue weighted by Gasteiger charge is 2.42. The van der Waals surface area contributed by atoms with E-state index in [1.54, 1.807) is 0 Å². The highest BCUT2D eigenvalue weighted by atomic mass is 16.4. The van der Waals surface area contributed by atoms with Crippen LogP contribution in [0.25, 0.3) is 0 Å². The standard InChI is InChI=1S/C14H24N2O4/c1-8(11-7-9-2-3-10(11)6-9)16-14(20)15-5-4-12(17)13(18)19/h8-12,17H,2-7H2,1H3,(H,18,19)(H2,15,16,20)/t8?,9?,10?,11?,12-/m0/s1.